The molecule has 0 aromatic heterocycles. The molecular weight excluding hydrogens is 256 g/mol. The van der Waals surface area contributed by atoms with Crippen molar-refractivity contribution in [2.24, 2.45) is 11.8 Å². The molecule has 0 bridgehead atoms. The largest absolute Gasteiger partial charge is 0.481 e. The molecule has 0 saturated carbocycles. The van der Waals surface area contributed by atoms with Gasteiger partial charge in [0.15, 0.2) is 0 Å². The molecule has 2 N–H and O–H groups in total. The van der Waals surface area contributed by atoms with Crippen molar-refractivity contribution in [2.75, 3.05) is 0 Å². The molecular formula is C16H32O4. The number of hydrogen-bond acceptors (Lipinski definition) is 2. The van der Waals surface area contributed by atoms with E-state index < -0.39 is 11.9 Å². The van der Waals surface area contributed by atoms with E-state index in [1.807, 2.05) is 0 Å². The first kappa shape index (κ1) is 21.2. The minimum atomic E-state index is -0.677. The monoisotopic (exact) mass is 288 g/mol. The van der Waals surface area contributed by atoms with Gasteiger partial charge in [0.1, 0.15) is 0 Å². The average molecular weight is 288 g/mol. The standard InChI is InChI=1S/2C8H16O2/c2*1-7(2)5-3-4-6-8(9)10/h2*7H,3-6H2,1-2H3,(H,9,10). The third-order valence-electron chi connectivity index (χ3n) is 2.84. The van der Waals surface area contributed by atoms with Gasteiger partial charge in [0, 0.05) is 12.8 Å². The van der Waals surface area contributed by atoms with Gasteiger partial charge in [-0.15, -0.1) is 0 Å². The maximum Gasteiger partial charge on any atom is 0.303 e. The summed E-state index contributed by atoms with van der Waals surface area (Å²) in [6.45, 7) is 8.61. The molecule has 0 rings (SSSR count). The van der Waals surface area contributed by atoms with Crippen LogP contribution in [0.4, 0.5) is 0 Å². The first-order valence-electron chi connectivity index (χ1n) is 7.69. The lowest BCUT2D eigenvalue weighted by molar-refractivity contribution is -0.138. The van der Waals surface area contributed by atoms with Crippen LogP contribution in [-0.4, -0.2) is 22.2 Å². The van der Waals surface area contributed by atoms with Crippen molar-refractivity contribution in [3.05, 3.63) is 0 Å². The van der Waals surface area contributed by atoms with Gasteiger partial charge in [0.05, 0.1) is 0 Å². The van der Waals surface area contributed by atoms with Crippen LogP contribution in [0, 0.1) is 11.8 Å². The zero-order valence-electron chi connectivity index (χ0n) is 13.5. The number of carbonyl (C=O) groups is 2. The second kappa shape index (κ2) is 14.4. The van der Waals surface area contributed by atoms with Crippen molar-refractivity contribution in [1.82, 2.24) is 0 Å². The van der Waals surface area contributed by atoms with Gasteiger partial charge in [-0.05, 0) is 24.7 Å². The summed E-state index contributed by atoms with van der Waals surface area (Å²) in [5.41, 5.74) is 0. The van der Waals surface area contributed by atoms with Crippen LogP contribution in [0.15, 0.2) is 0 Å². The minimum Gasteiger partial charge on any atom is -0.481 e. The summed E-state index contributed by atoms with van der Waals surface area (Å²) in [6, 6.07) is 0. The van der Waals surface area contributed by atoms with Crippen LogP contribution in [0.5, 0.6) is 0 Å². The van der Waals surface area contributed by atoms with Crippen LogP contribution in [0.1, 0.15) is 79.1 Å². The van der Waals surface area contributed by atoms with Crippen LogP contribution in [0.25, 0.3) is 0 Å². The average Bonchev–Trinajstić information content (AvgIpc) is 2.30. The molecule has 4 heteroatoms. The summed E-state index contributed by atoms with van der Waals surface area (Å²) in [7, 11) is 0. The number of carboxylic acid groups (broad SMARTS) is 2. The van der Waals surface area contributed by atoms with E-state index in [-0.39, 0.29) is 0 Å². The first-order valence-corrected chi connectivity index (χ1v) is 7.69. The number of rotatable bonds is 10. The van der Waals surface area contributed by atoms with E-state index in [9.17, 15) is 9.59 Å². The Morgan fingerprint density at radius 3 is 1.20 bits per heavy atom. The lowest BCUT2D eigenvalue weighted by atomic mass is 10.1. The predicted octanol–water partition coefficient (Wildman–Crippen LogP) is 4.57. The van der Waals surface area contributed by atoms with Gasteiger partial charge in [-0.2, -0.15) is 0 Å². The maximum absolute atomic E-state index is 10.0. The summed E-state index contributed by atoms with van der Waals surface area (Å²) in [4.78, 5) is 20.1. The molecule has 0 aliphatic carbocycles. The van der Waals surface area contributed by atoms with Crippen LogP contribution in [0.3, 0.4) is 0 Å². The summed E-state index contributed by atoms with van der Waals surface area (Å²) >= 11 is 0. The fourth-order valence-electron chi connectivity index (χ4n) is 1.66. The van der Waals surface area contributed by atoms with E-state index in [1.165, 1.54) is 0 Å². The molecule has 120 valence electrons. The van der Waals surface area contributed by atoms with Gasteiger partial charge < -0.3 is 10.2 Å². The van der Waals surface area contributed by atoms with Crippen LogP contribution in [0.2, 0.25) is 0 Å². The number of unbranched alkanes of at least 4 members (excludes halogenated alkanes) is 2. The second-order valence-corrected chi connectivity index (χ2v) is 6.07. The Bertz CT molecular complexity index is 221. The number of carboxylic acids is 2. The van der Waals surface area contributed by atoms with Crippen molar-refractivity contribution in [3.8, 4) is 0 Å². The van der Waals surface area contributed by atoms with Crippen LogP contribution < -0.4 is 0 Å². The Balaban J connectivity index is 0. The summed E-state index contributed by atoms with van der Waals surface area (Å²) in [6.07, 6.45) is 6.69. The van der Waals surface area contributed by atoms with Gasteiger partial charge in [0.2, 0.25) is 0 Å². The minimum absolute atomic E-state index is 0.326. The van der Waals surface area contributed by atoms with Gasteiger partial charge in [-0.1, -0.05) is 53.4 Å². The maximum atomic E-state index is 10.0. The molecule has 0 aromatic rings. The zero-order chi connectivity index (χ0) is 16.0. The highest BCUT2D eigenvalue weighted by Crippen LogP contribution is 2.08. The van der Waals surface area contributed by atoms with E-state index >= 15 is 0 Å². The third kappa shape index (κ3) is 25.7. The van der Waals surface area contributed by atoms with E-state index in [0.29, 0.717) is 24.7 Å². The molecule has 0 atom stereocenters. The Kier molecular flexibility index (Phi) is 15.2. The summed E-state index contributed by atoms with van der Waals surface area (Å²) < 4.78 is 0. The number of hydrogen-bond donors (Lipinski definition) is 2. The molecule has 0 radical (unpaired) electrons. The Hall–Kier alpha value is -1.06. The van der Waals surface area contributed by atoms with E-state index in [0.717, 1.165) is 38.5 Å². The van der Waals surface area contributed by atoms with Gasteiger partial charge in [-0.25, -0.2) is 0 Å². The SMILES string of the molecule is CC(C)CCCCC(=O)O.CC(C)CCCCC(=O)O. The fraction of sp³-hybridized carbons (Fsp3) is 0.875. The first-order chi connectivity index (χ1) is 9.25. The highest BCUT2D eigenvalue weighted by Gasteiger charge is 1.98. The van der Waals surface area contributed by atoms with Gasteiger partial charge in [-0.3, -0.25) is 9.59 Å². The Morgan fingerprint density at radius 2 is 1.00 bits per heavy atom. The topological polar surface area (TPSA) is 74.6 Å². The molecule has 0 amide bonds. The van der Waals surface area contributed by atoms with Gasteiger partial charge >= 0.3 is 11.9 Å². The normalized spacial score (nSPS) is 10.3. The quantitative estimate of drug-likeness (QED) is 0.577. The highest BCUT2D eigenvalue weighted by molar-refractivity contribution is 5.66. The summed E-state index contributed by atoms with van der Waals surface area (Å²) in [5.74, 6) is 0.0510. The predicted molar refractivity (Wildman–Crippen MR) is 81.9 cm³/mol. The molecule has 0 fully saturated rings. The van der Waals surface area contributed by atoms with Crippen molar-refractivity contribution in [3.63, 3.8) is 0 Å². The molecule has 0 heterocycles. The molecule has 0 unspecified atom stereocenters. The fourth-order valence-corrected chi connectivity index (χ4v) is 1.66. The van der Waals surface area contributed by atoms with E-state index in [1.54, 1.807) is 0 Å². The summed E-state index contributed by atoms with van der Waals surface area (Å²) in [5, 5.41) is 16.6. The van der Waals surface area contributed by atoms with E-state index in [4.69, 9.17) is 10.2 Å². The van der Waals surface area contributed by atoms with Crippen LogP contribution >= 0.6 is 0 Å². The molecule has 4 nitrogen and oxygen atoms in total. The Morgan fingerprint density at radius 1 is 0.700 bits per heavy atom. The molecule has 0 spiro atoms. The third-order valence-corrected chi connectivity index (χ3v) is 2.84. The highest BCUT2D eigenvalue weighted by atomic mass is 16.4. The molecule has 0 aliphatic heterocycles. The molecule has 0 aromatic carbocycles. The van der Waals surface area contributed by atoms with E-state index in [2.05, 4.69) is 27.7 Å². The Labute approximate surface area is 123 Å². The molecule has 20 heavy (non-hydrogen) atoms. The lowest BCUT2D eigenvalue weighted by Crippen LogP contribution is -1.94. The van der Waals surface area contributed by atoms with Crippen LogP contribution in [-0.2, 0) is 9.59 Å². The van der Waals surface area contributed by atoms with Crippen molar-refractivity contribution in [1.29, 1.82) is 0 Å². The second-order valence-electron chi connectivity index (χ2n) is 6.07. The lowest BCUT2D eigenvalue weighted by Gasteiger charge is -2.01. The number of aliphatic carboxylic acids is 2. The zero-order valence-corrected chi connectivity index (χ0v) is 13.5. The molecule has 0 saturated heterocycles. The molecule has 0 aliphatic rings. The van der Waals surface area contributed by atoms with Crippen molar-refractivity contribution < 1.29 is 19.8 Å². The van der Waals surface area contributed by atoms with Crippen molar-refractivity contribution >= 4 is 11.9 Å². The van der Waals surface area contributed by atoms with Gasteiger partial charge in [0.25, 0.3) is 0 Å². The smallest absolute Gasteiger partial charge is 0.303 e. The van der Waals surface area contributed by atoms with Crippen molar-refractivity contribution in [2.45, 2.75) is 79.1 Å².